The van der Waals surface area contributed by atoms with E-state index in [1.165, 1.54) is 42.2 Å². The van der Waals surface area contributed by atoms with Crippen molar-refractivity contribution in [1.82, 2.24) is 5.32 Å². The molecular formula is C29H29N3O3. The van der Waals surface area contributed by atoms with Gasteiger partial charge in [-0.3, -0.25) is 4.79 Å². The number of aryl methyl sites for hydroxylation is 2. The van der Waals surface area contributed by atoms with Crippen LogP contribution in [0, 0.1) is 13.8 Å². The number of hydrogen-bond acceptors (Lipinski definition) is 4. The minimum atomic E-state index is -0.0918. The van der Waals surface area contributed by atoms with Crippen molar-refractivity contribution in [2.45, 2.75) is 51.4 Å². The first kappa shape index (κ1) is 21.9. The molecule has 0 aromatic heterocycles. The van der Waals surface area contributed by atoms with Gasteiger partial charge in [-0.1, -0.05) is 29.4 Å². The van der Waals surface area contributed by atoms with E-state index in [2.05, 4.69) is 34.7 Å². The van der Waals surface area contributed by atoms with Crippen LogP contribution in [0.25, 0.3) is 0 Å². The van der Waals surface area contributed by atoms with Crippen molar-refractivity contribution >= 4 is 11.7 Å². The van der Waals surface area contributed by atoms with Gasteiger partial charge in [-0.2, -0.15) is 0 Å². The van der Waals surface area contributed by atoms with Crippen molar-refractivity contribution in [3.05, 3.63) is 104 Å². The van der Waals surface area contributed by atoms with E-state index in [1.807, 2.05) is 38.1 Å². The van der Waals surface area contributed by atoms with Crippen LogP contribution >= 0.6 is 0 Å². The van der Waals surface area contributed by atoms with Crippen molar-refractivity contribution in [2.24, 2.45) is 10.9 Å². The summed E-state index contributed by atoms with van der Waals surface area (Å²) in [5, 5.41) is 6.90. The Morgan fingerprint density at radius 1 is 0.971 bits per heavy atom. The van der Waals surface area contributed by atoms with E-state index >= 15 is 0 Å². The van der Waals surface area contributed by atoms with Gasteiger partial charge in [-0.25, -0.2) is 0 Å². The van der Waals surface area contributed by atoms with Gasteiger partial charge in [0.15, 0.2) is 5.84 Å². The highest BCUT2D eigenvalue weighted by atomic mass is 16.6. The number of carbonyl (C=O) groups excluding carboxylic acids is 1. The van der Waals surface area contributed by atoms with Crippen LogP contribution in [-0.4, -0.2) is 18.9 Å². The predicted octanol–water partition coefficient (Wildman–Crippen LogP) is 4.90. The fourth-order valence-electron chi connectivity index (χ4n) is 5.52. The molecule has 0 spiro atoms. The zero-order chi connectivity index (χ0) is 24.3. The molecular weight excluding hydrogens is 438 g/mol. The van der Waals surface area contributed by atoms with Crippen molar-refractivity contribution in [3.8, 4) is 0 Å². The SMILES string of the molecule is CON=C(N)c1cc(C)c(CNC(=O)c2ccc3c(c2)[C@@H]2O[C@H]3c3ccc(C4CC4)cc32)c(C)c1. The van der Waals surface area contributed by atoms with Crippen LogP contribution in [0.4, 0.5) is 0 Å². The molecule has 3 aromatic carbocycles. The van der Waals surface area contributed by atoms with E-state index < -0.39 is 0 Å². The first-order valence-corrected chi connectivity index (χ1v) is 12.1. The maximum Gasteiger partial charge on any atom is 0.251 e. The average Bonchev–Trinajstić information content (AvgIpc) is 3.55. The lowest BCUT2D eigenvalue weighted by atomic mass is 9.84. The van der Waals surface area contributed by atoms with Crippen LogP contribution in [-0.2, 0) is 16.1 Å². The summed E-state index contributed by atoms with van der Waals surface area (Å²) >= 11 is 0. The van der Waals surface area contributed by atoms with Gasteiger partial charge in [0, 0.05) is 17.7 Å². The molecule has 178 valence electrons. The number of hydrogen-bond donors (Lipinski definition) is 2. The highest BCUT2D eigenvalue weighted by molar-refractivity contribution is 5.97. The molecule has 2 aliphatic heterocycles. The van der Waals surface area contributed by atoms with E-state index in [0.29, 0.717) is 23.9 Å². The quantitative estimate of drug-likeness (QED) is 0.307. The Hall–Kier alpha value is -3.64. The molecule has 0 radical (unpaired) electrons. The highest BCUT2D eigenvalue weighted by Gasteiger charge is 2.43. The van der Waals surface area contributed by atoms with Gasteiger partial charge in [0.2, 0.25) is 0 Å². The zero-order valence-corrected chi connectivity index (χ0v) is 20.2. The minimum absolute atomic E-state index is 0.0201. The average molecular weight is 468 g/mol. The minimum Gasteiger partial charge on any atom is -0.397 e. The number of benzene rings is 3. The molecule has 3 aromatic rings. The number of amidine groups is 1. The molecule has 2 atom stereocenters. The smallest absolute Gasteiger partial charge is 0.251 e. The summed E-state index contributed by atoms with van der Waals surface area (Å²) in [5.41, 5.74) is 16.8. The summed E-state index contributed by atoms with van der Waals surface area (Å²) in [4.78, 5) is 17.9. The second-order valence-corrected chi connectivity index (χ2v) is 9.83. The first-order valence-electron chi connectivity index (χ1n) is 12.1. The Balaban J connectivity index is 1.20. The van der Waals surface area contributed by atoms with Crippen LogP contribution in [0.2, 0.25) is 0 Å². The van der Waals surface area contributed by atoms with Crippen molar-refractivity contribution in [2.75, 3.05) is 7.11 Å². The third kappa shape index (κ3) is 3.69. The Labute approximate surface area is 205 Å². The molecule has 0 unspecified atom stereocenters. The lowest BCUT2D eigenvalue weighted by molar-refractivity contribution is 0.0857. The van der Waals surface area contributed by atoms with Gasteiger partial charge in [-0.05, 0) is 101 Å². The van der Waals surface area contributed by atoms with E-state index in [9.17, 15) is 4.79 Å². The molecule has 6 rings (SSSR count). The van der Waals surface area contributed by atoms with Crippen LogP contribution in [0.1, 0.15) is 91.4 Å². The fraction of sp³-hybridized carbons (Fsp3) is 0.310. The summed E-state index contributed by atoms with van der Waals surface area (Å²) < 4.78 is 6.35. The standard InChI is InChI=1S/C29H29N3O3/c1-15-10-20(28(30)32-34-3)11-16(2)25(15)14-31-29(33)19-7-9-22-24(13-19)27-23-12-18(17-4-5-17)6-8-21(23)26(22)35-27/h6-13,17,26-27H,4-5,14H2,1-3H3,(H2,30,32)(H,31,33)/t26-,27+/m0/s1. The third-order valence-electron chi connectivity index (χ3n) is 7.52. The normalized spacial score (nSPS) is 19.9. The maximum absolute atomic E-state index is 13.1. The maximum atomic E-state index is 13.1. The lowest BCUT2D eigenvalue weighted by Crippen LogP contribution is -2.24. The number of nitrogens with zero attached hydrogens (tertiary/aromatic N) is 1. The van der Waals surface area contributed by atoms with Gasteiger partial charge in [0.25, 0.3) is 5.91 Å². The Bertz CT molecular complexity index is 1370. The van der Waals surface area contributed by atoms with Crippen molar-refractivity contribution < 1.29 is 14.4 Å². The Morgan fingerprint density at radius 3 is 2.31 bits per heavy atom. The Morgan fingerprint density at radius 2 is 1.63 bits per heavy atom. The van der Waals surface area contributed by atoms with Crippen LogP contribution in [0.15, 0.2) is 53.7 Å². The number of carbonyl (C=O) groups is 1. The molecule has 35 heavy (non-hydrogen) atoms. The number of nitrogens with two attached hydrogens (primary N) is 1. The van der Waals surface area contributed by atoms with Gasteiger partial charge in [-0.15, -0.1) is 0 Å². The number of amides is 1. The molecule has 0 saturated heterocycles. The van der Waals surface area contributed by atoms with Gasteiger partial charge < -0.3 is 20.6 Å². The number of oxime groups is 1. The molecule has 1 saturated carbocycles. The molecule has 3 aliphatic rings. The second-order valence-electron chi connectivity index (χ2n) is 9.83. The largest absolute Gasteiger partial charge is 0.397 e. The number of nitrogens with one attached hydrogen (secondary N) is 1. The van der Waals surface area contributed by atoms with Crippen LogP contribution in [0.5, 0.6) is 0 Å². The summed E-state index contributed by atoms with van der Waals surface area (Å²) in [7, 11) is 1.47. The third-order valence-corrected chi connectivity index (χ3v) is 7.52. The molecule has 1 amide bonds. The zero-order valence-electron chi connectivity index (χ0n) is 20.2. The molecule has 6 nitrogen and oxygen atoms in total. The van der Waals surface area contributed by atoms with Gasteiger partial charge >= 0.3 is 0 Å². The molecule has 1 aliphatic carbocycles. The number of ether oxygens (including phenoxy) is 1. The van der Waals surface area contributed by atoms with Gasteiger partial charge in [0.1, 0.15) is 19.3 Å². The van der Waals surface area contributed by atoms with E-state index in [0.717, 1.165) is 27.8 Å². The second kappa shape index (κ2) is 8.24. The van der Waals surface area contributed by atoms with E-state index in [4.69, 9.17) is 15.3 Å². The van der Waals surface area contributed by atoms with Crippen molar-refractivity contribution in [1.29, 1.82) is 0 Å². The molecule has 2 heterocycles. The van der Waals surface area contributed by atoms with Crippen LogP contribution < -0.4 is 11.1 Å². The Kier molecular flexibility index (Phi) is 5.15. The summed E-state index contributed by atoms with van der Waals surface area (Å²) in [6.45, 7) is 4.45. The lowest BCUT2D eigenvalue weighted by Gasteiger charge is -2.18. The molecule has 3 N–H and O–H groups in total. The highest BCUT2D eigenvalue weighted by Crippen LogP contribution is 2.55. The topological polar surface area (TPSA) is 85.9 Å². The number of rotatable bonds is 6. The number of fused-ring (bicyclic) bond motifs is 8. The fourth-order valence-corrected chi connectivity index (χ4v) is 5.52. The summed E-state index contributed by atoms with van der Waals surface area (Å²) in [6.07, 6.45) is 2.47. The van der Waals surface area contributed by atoms with Gasteiger partial charge in [0.05, 0.1) is 0 Å². The first-order chi connectivity index (χ1) is 16.9. The van der Waals surface area contributed by atoms with Crippen molar-refractivity contribution in [3.63, 3.8) is 0 Å². The molecule has 1 fully saturated rings. The molecule has 6 heteroatoms. The monoisotopic (exact) mass is 467 g/mol. The van der Waals surface area contributed by atoms with E-state index in [1.54, 1.807) is 0 Å². The molecule has 2 bridgehead atoms. The summed E-state index contributed by atoms with van der Waals surface area (Å²) in [6, 6.07) is 16.7. The summed E-state index contributed by atoms with van der Waals surface area (Å²) in [5.74, 6) is 0.946. The van der Waals surface area contributed by atoms with E-state index in [-0.39, 0.29) is 18.1 Å². The van der Waals surface area contributed by atoms with Crippen LogP contribution in [0.3, 0.4) is 0 Å². The predicted molar refractivity (Wildman–Crippen MR) is 134 cm³/mol.